The van der Waals surface area contributed by atoms with Crippen molar-refractivity contribution in [3.63, 3.8) is 0 Å². The summed E-state index contributed by atoms with van der Waals surface area (Å²) in [5.41, 5.74) is 2.18. The largest absolute Gasteiger partial charge is 0.363 e. The molecule has 0 radical (unpaired) electrons. The summed E-state index contributed by atoms with van der Waals surface area (Å²) in [7, 11) is 0. The van der Waals surface area contributed by atoms with Gasteiger partial charge in [0.15, 0.2) is 0 Å². The minimum Gasteiger partial charge on any atom is -0.363 e. The lowest BCUT2D eigenvalue weighted by Gasteiger charge is -2.15. The summed E-state index contributed by atoms with van der Waals surface area (Å²) in [5.74, 6) is 1.53. The third-order valence-electron chi connectivity index (χ3n) is 3.47. The van der Waals surface area contributed by atoms with E-state index in [4.69, 9.17) is 0 Å². The summed E-state index contributed by atoms with van der Waals surface area (Å²) in [4.78, 5) is 8.57. The van der Waals surface area contributed by atoms with Gasteiger partial charge < -0.3 is 10.6 Å². The summed E-state index contributed by atoms with van der Waals surface area (Å²) in [6, 6.07) is 20.3. The number of para-hydroxylation sites is 1. The molecule has 23 heavy (non-hydrogen) atoms. The normalized spacial score (nSPS) is 11.7. The molecule has 2 aromatic carbocycles. The number of halogens is 1. The molecule has 0 aliphatic heterocycles. The van der Waals surface area contributed by atoms with Crippen LogP contribution < -0.4 is 10.6 Å². The smallest absolute Gasteiger partial charge is 0.135 e. The lowest BCUT2D eigenvalue weighted by Crippen LogP contribution is -2.08. The Hall–Kier alpha value is -2.40. The van der Waals surface area contributed by atoms with Gasteiger partial charge in [-0.05, 0) is 40.5 Å². The number of nitrogens with zero attached hydrogens (tertiary/aromatic N) is 2. The van der Waals surface area contributed by atoms with Crippen molar-refractivity contribution in [2.75, 3.05) is 10.6 Å². The van der Waals surface area contributed by atoms with E-state index in [-0.39, 0.29) is 6.04 Å². The summed E-state index contributed by atoms with van der Waals surface area (Å²) in [6.07, 6.45) is 1.55. The molecule has 3 rings (SSSR count). The number of aromatic nitrogens is 2. The van der Waals surface area contributed by atoms with Crippen LogP contribution in [-0.4, -0.2) is 9.97 Å². The quantitative estimate of drug-likeness (QED) is 0.653. The Labute approximate surface area is 144 Å². The van der Waals surface area contributed by atoms with E-state index in [1.165, 1.54) is 5.56 Å². The Morgan fingerprint density at radius 1 is 0.913 bits per heavy atom. The van der Waals surface area contributed by atoms with Crippen LogP contribution in [0.4, 0.5) is 17.3 Å². The zero-order chi connectivity index (χ0) is 16.1. The van der Waals surface area contributed by atoms with Crippen LogP contribution in [-0.2, 0) is 0 Å². The zero-order valence-electron chi connectivity index (χ0n) is 12.7. The van der Waals surface area contributed by atoms with E-state index in [0.717, 1.165) is 21.8 Å². The van der Waals surface area contributed by atoms with Gasteiger partial charge in [0.2, 0.25) is 0 Å². The SMILES string of the molecule is CC(Nc1cc(Nc2ccccc2Br)ncn1)c1ccccc1. The van der Waals surface area contributed by atoms with Crippen LogP contribution in [0.15, 0.2) is 71.5 Å². The third kappa shape index (κ3) is 4.07. The first-order chi connectivity index (χ1) is 11.2. The van der Waals surface area contributed by atoms with Gasteiger partial charge in [-0.25, -0.2) is 9.97 Å². The van der Waals surface area contributed by atoms with Crippen LogP contribution in [0.3, 0.4) is 0 Å². The van der Waals surface area contributed by atoms with Crippen LogP contribution in [0.25, 0.3) is 0 Å². The molecule has 0 spiro atoms. The number of rotatable bonds is 5. The van der Waals surface area contributed by atoms with Gasteiger partial charge in [-0.3, -0.25) is 0 Å². The number of hydrogen-bond acceptors (Lipinski definition) is 4. The van der Waals surface area contributed by atoms with Crippen molar-refractivity contribution in [2.45, 2.75) is 13.0 Å². The molecule has 1 atom stereocenters. The van der Waals surface area contributed by atoms with Gasteiger partial charge in [0.05, 0.1) is 5.69 Å². The molecule has 0 bridgehead atoms. The van der Waals surface area contributed by atoms with Crippen molar-refractivity contribution in [1.82, 2.24) is 9.97 Å². The summed E-state index contributed by atoms with van der Waals surface area (Å²) in [5, 5.41) is 6.68. The molecule has 1 aromatic heterocycles. The van der Waals surface area contributed by atoms with Crippen molar-refractivity contribution in [2.24, 2.45) is 0 Å². The van der Waals surface area contributed by atoms with Gasteiger partial charge in [0, 0.05) is 16.6 Å². The lowest BCUT2D eigenvalue weighted by atomic mass is 10.1. The molecule has 0 aliphatic carbocycles. The van der Waals surface area contributed by atoms with Gasteiger partial charge >= 0.3 is 0 Å². The van der Waals surface area contributed by atoms with E-state index < -0.39 is 0 Å². The first-order valence-electron chi connectivity index (χ1n) is 7.37. The Morgan fingerprint density at radius 3 is 2.39 bits per heavy atom. The molecule has 5 heteroatoms. The van der Waals surface area contributed by atoms with Gasteiger partial charge in [-0.1, -0.05) is 42.5 Å². The van der Waals surface area contributed by atoms with Crippen molar-refractivity contribution >= 4 is 33.3 Å². The molecule has 0 saturated carbocycles. The average molecular weight is 369 g/mol. The Balaban J connectivity index is 1.74. The first kappa shape index (κ1) is 15.5. The van der Waals surface area contributed by atoms with Crippen LogP contribution in [0.1, 0.15) is 18.5 Å². The maximum atomic E-state index is 4.29. The van der Waals surface area contributed by atoms with Crippen LogP contribution >= 0.6 is 15.9 Å². The Bertz CT molecular complexity index is 777. The molecule has 1 unspecified atom stereocenters. The van der Waals surface area contributed by atoms with E-state index in [0.29, 0.717) is 0 Å². The molecule has 2 N–H and O–H groups in total. The number of benzene rings is 2. The second-order valence-corrected chi connectivity index (χ2v) is 6.02. The molecule has 1 heterocycles. The van der Waals surface area contributed by atoms with Gasteiger partial charge in [-0.2, -0.15) is 0 Å². The van der Waals surface area contributed by atoms with E-state index in [1.54, 1.807) is 6.33 Å². The maximum Gasteiger partial charge on any atom is 0.135 e. The van der Waals surface area contributed by atoms with Crippen LogP contribution in [0.5, 0.6) is 0 Å². The van der Waals surface area contributed by atoms with Crippen LogP contribution in [0, 0.1) is 0 Å². The highest BCUT2D eigenvalue weighted by Crippen LogP contribution is 2.25. The fourth-order valence-electron chi connectivity index (χ4n) is 2.25. The van der Waals surface area contributed by atoms with Crippen LogP contribution in [0.2, 0.25) is 0 Å². The Morgan fingerprint density at radius 2 is 1.61 bits per heavy atom. The summed E-state index contributed by atoms with van der Waals surface area (Å²) >= 11 is 3.52. The minimum absolute atomic E-state index is 0.169. The van der Waals surface area contributed by atoms with Gasteiger partial charge in [0.1, 0.15) is 18.0 Å². The predicted molar refractivity (Wildman–Crippen MR) is 97.9 cm³/mol. The van der Waals surface area contributed by atoms with Crippen molar-refractivity contribution < 1.29 is 0 Å². The molecule has 3 aromatic rings. The average Bonchev–Trinajstić information content (AvgIpc) is 2.58. The summed E-state index contributed by atoms with van der Waals surface area (Å²) < 4.78 is 0.991. The monoisotopic (exact) mass is 368 g/mol. The molecular weight excluding hydrogens is 352 g/mol. The predicted octanol–water partition coefficient (Wildman–Crippen LogP) is 5.16. The van der Waals surface area contributed by atoms with Crippen molar-refractivity contribution in [1.29, 1.82) is 0 Å². The third-order valence-corrected chi connectivity index (χ3v) is 4.16. The highest BCUT2D eigenvalue weighted by molar-refractivity contribution is 9.10. The molecule has 0 saturated heterocycles. The number of hydrogen-bond donors (Lipinski definition) is 2. The van der Waals surface area contributed by atoms with E-state index in [9.17, 15) is 0 Å². The first-order valence-corrected chi connectivity index (χ1v) is 8.17. The van der Waals surface area contributed by atoms with E-state index in [1.807, 2.05) is 48.5 Å². The molecule has 4 nitrogen and oxygen atoms in total. The second kappa shape index (κ2) is 7.24. The highest BCUT2D eigenvalue weighted by atomic mass is 79.9. The lowest BCUT2D eigenvalue weighted by molar-refractivity contribution is 0.872. The molecular formula is C18H17BrN4. The highest BCUT2D eigenvalue weighted by Gasteiger charge is 2.07. The fourth-order valence-corrected chi connectivity index (χ4v) is 2.64. The number of anilines is 3. The molecule has 0 amide bonds. The Kier molecular flexibility index (Phi) is 4.88. The van der Waals surface area contributed by atoms with E-state index >= 15 is 0 Å². The minimum atomic E-state index is 0.169. The van der Waals surface area contributed by atoms with Crippen molar-refractivity contribution in [3.8, 4) is 0 Å². The molecule has 0 fully saturated rings. The van der Waals surface area contributed by atoms with E-state index in [2.05, 4.69) is 55.6 Å². The number of nitrogens with one attached hydrogen (secondary N) is 2. The maximum absolute atomic E-state index is 4.29. The zero-order valence-corrected chi connectivity index (χ0v) is 14.3. The fraction of sp³-hybridized carbons (Fsp3) is 0.111. The standard InChI is InChI=1S/C18H17BrN4/c1-13(14-7-3-2-4-8-14)22-17-11-18(21-12-20-17)23-16-10-6-5-9-15(16)19/h2-13H,1H3,(H2,20,21,22,23). The topological polar surface area (TPSA) is 49.8 Å². The van der Waals surface area contributed by atoms with Gasteiger partial charge in [0.25, 0.3) is 0 Å². The second-order valence-electron chi connectivity index (χ2n) is 5.17. The molecule has 116 valence electrons. The molecule has 0 aliphatic rings. The summed E-state index contributed by atoms with van der Waals surface area (Å²) in [6.45, 7) is 2.11. The van der Waals surface area contributed by atoms with Gasteiger partial charge in [-0.15, -0.1) is 0 Å². The van der Waals surface area contributed by atoms with Crippen molar-refractivity contribution in [3.05, 3.63) is 77.0 Å².